The van der Waals surface area contributed by atoms with E-state index in [-0.39, 0.29) is 5.78 Å². The molecule has 4 aromatic rings. The van der Waals surface area contributed by atoms with Gasteiger partial charge in [0.25, 0.3) is 0 Å². The minimum Gasteiger partial charge on any atom is -0.333 e. The molecule has 28 heavy (non-hydrogen) atoms. The molecule has 0 saturated carbocycles. The van der Waals surface area contributed by atoms with Gasteiger partial charge in [0.15, 0.2) is 5.78 Å². The van der Waals surface area contributed by atoms with Crippen LogP contribution in [0, 0.1) is 6.92 Å². The van der Waals surface area contributed by atoms with E-state index in [1.54, 1.807) is 10.9 Å². The van der Waals surface area contributed by atoms with Crippen LogP contribution in [0.1, 0.15) is 21.6 Å². The van der Waals surface area contributed by atoms with E-state index >= 15 is 0 Å². The molecule has 0 spiro atoms. The zero-order valence-corrected chi connectivity index (χ0v) is 17.1. The van der Waals surface area contributed by atoms with Crippen LogP contribution in [-0.2, 0) is 13.5 Å². The highest BCUT2D eigenvalue weighted by Gasteiger charge is 2.13. The first-order valence-electron chi connectivity index (χ1n) is 8.82. The highest BCUT2D eigenvalue weighted by atomic mass is 35.5. The molecule has 0 N–H and O–H groups in total. The third kappa shape index (κ3) is 3.63. The topological polar surface area (TPSA) is 47.8 Å². The Labute approximate surface area is 172 Å². The number of hydrogen-bond acceptors (Lipinski definition) is 4. The summed E-state index contributed by atoms with van der Waals surface area (Å²) in [5.41, 5.74) is 7.10. The average Bonchev–Trinajstić information content (AvgIpc) is 3.35. The Balaban J connectivity index is 1.59. The number of aryl methyl sites for hydroxylation is 1. The lowest BCUT2D eigenvalue weighted by molar-refractivity contribution is 0.0989. The number of ketones is 1. The van der Waals surface area contributed by atoms with Crippen LogP contribution in [0.15, 0.2) is 59.6 Å². The minimum atomic E-state index is 0.0321. The summed E-state index contributed by atoms with van der Waals surface area (Å²) in [7, 11) is 1.98. The van der Waals surface area contributed by atoms with Crippen molar-refractivity contribution in [2.45, 2.75) is 13.3 Å². The Morgan fingerprint density at radius 1 is 1.18 bits per heavy atom. The Bertz CT molecular complexity index is 1130. The summed E-state index contributed by atoms with van der Waals surface area (Å²) in [6.07, 6.45) is 2.35. The average molecular weight is 408 g/mol. The number of aromatic nitrogens is 3. The highest BCUT2D eigenvalue weighted by Crippen LogP contribution is 2.30. The van der Waals surface area contributed by atoms with Crippen LogP contribution in [0.3, 0.4) is 0 Å². The molecule has 2 heterocycles. The Morgan fingerprint density at radius 2 is 1.96 bits per heavy atom. The van der Waals surface area contributed by atoms with E-state index in [0.717, 1.165) is 38.8 Å². The van der Waals surface area contributed by atoms with Gasteiger partial charge in [0.1, 0.15) is 11.5 Å². The predicted molar refractivity (Wildman–Crippen MR) is 114 cm³/mol. The van der Waals surface area contributed by atoms with E-state index in [4.69, 9.17) is 16.6 Å². The van der Waals surface area contributed by atoms with Crippen molar-refractivity contribution in [3.05, 3.63) is 81.4 Å². The largest absolute Gasteiger partial charge is 0.333 e. The van der Waals surface area contributed by atoms with Crippen molar-refractivity contribution in [2.75, 3.05) is 0 Å². The molecule has 2 aromatic carbocycles. The second kappa shape index (κ2) is 7.70. The molecule has 0 unspecified atom stereocenters. The van der Waals surface area contributed by atoms with E-state index in [9.17, 15) is 4.79 Å². The predicted octanol–water partition coefficient (Wildman–Crippen LogP) is 5.60. The number of hydrogen-bond donors (Lipinski definition) is 0. The number of thiazole rings is 1. The van der Waals surface area contributed by atoms with E-state index in [1.165, 1.54) is 11.3 Å². The van der Waals surface area contributed by atoms with Gasteiger partial charge >= 0.3 is 0 Å². The molecule has 0 fully saturated rings. The number of nitrogens with zero attached hydrogens (tertiary/aromatic N) is 3. The Hall–Kier alpha value is -2.76. The lowest BCUT2D eigenvalue weighted by atomic mass is 10.1. The van der Waals surface area contributed by atoms with Crippen molar-refractivity contribution >= 4 is 28.7 Å². The van der Waals surface area contributed by atoms with Crippen LogP contribution >= 0.6 is 22.9 Å². The normalized spacial score (nSPS) is 11.0. The standard InChI is InChI=1S/C22H18ClN3OS/c1-14-17(4-3-5-18(14)23)19-11-26(2)22(25-19)16-8-6-15(7-9-16)10-21(27)20-12-28-13-24-20/h3-9,11-13H,10H2,1-2H3. The first-order valence-corrected chi connectivity index (χ1v) is 10.1. The molecule has 0 bridgehead atoms. The Kier molecular flexibility index (Phi) is 5.11. The van der Waals surface area contributed by atoms with Crippen molar-refractivity contribution < 1.29 is 4.79 Å². The first kappa shape index (κ1) is 18.6. The van der Waals surface area contributed by atoms with Crippen LogP contribution in [0.5, 0.6) is 0 Å². The quantitative estimate of drug-likeness (QED) is 0.404. The number of Topliss-reactive ketones (excluding diaryl/α,β-unsaturated/α-hetero) is 1. The number of halogens is 1. The third-order valence-corrected chi connectivity index (χ3v) is 5.71. The van der Waals surface area contributed by atoms with Crippen molar-refractivity contribution in [3.8, 4) is 22.6 Å². The maximum absolute atomic E-state index is 12.2. The molecular formula is C22H18ClN3OS. The second-order valence-corrected chi connectivity index (χ2v) is 7.77. The minimum absolute atomic E-state index is 0.0321. The van der Waals surface area contributed by atoms with Gasteiger partial charge < -0.3 is 4.57 Å². The molecule has 0 aliphatic heterocycles. The maximum Gasteiger partial charge on any atom is 0.186 e. The fraction of sp³-hybridized carbons (Fsp3) is 0.136. The van der Waals surface area contributed by atoms with E-state index < -0.39 is 0 Å². The lowest BCUT2D eigenvalue weighted by Gasteiger charge is -2.04. The van der Waals surface area contributed by atoms with E-state index in [1.807, 2.05) is 67.2 Å². The van der Waals surface area contributed by atoms with Gasteiger partial charge in [-0.2, -0.15) is 0 Å². The van der Waals surface area contributed by atoms with Gasteiger partial charge in [-0.15, -0.1) is 11.3 Å². The summed E-state index contributed by atoms with van der Waals surface area (Å²) in [6.45, 7) is 2.00. The number of rotatable bonds is 5. The van der Waals surface area contributed by atoms with E-state index in [0.29, 0.717) is 12.1 Å². The molecule has 0 saturated heterocycles. The van der Waals surface area contributed by atoms with Gasteiger partial charge in [0, 0.05) is 41.2 Å². The second-order valence-electron chi connectivity index (χ2n) is 6.64. The van der Waals surface area contributed by atoms with Crippen molar-refractivity contribution in [1.82, 2.24) is 14.5 Å². The molecule has 0 atom stereocenters. The SMILES string of the molecule is Cc1c(Cl)cccc1-c1cn(C)c(-c2ccc(CC(=O)c3cscn3)cc2)n1. The smallest absolute Gasteiger partial charge is 0.186 e. The van der Waals surface area contributed by atoms with Crippen molar-refractivity contribution in [2.24, 2.45) is 7.05 Å². The lowest BCUT2D eigenvalue weighted by Crippen LogP contribution is -2.03. The fourth-order valence-electron chi connectivity index (χ4n) is 3.15. The van der Waals surface area contributed by atoms with Crippen LogP contribution in [0.2, 0.25) is 5.02 Å². The molecule has 4 nitrogen and oxygen atoms in total. The molecule has 6 heteroatoms. The van der Waals surface area contributed by atoms with E-state index in [2.05, 4.69) is 4.98 Å². The van der Waals surface area contributed by atoms with Crippen LogP contribution < -0.4 is 0 Å². The number of imidazole rings is 1. The highest BCUT2D eigenvalue weighted by molar-refractivity contribution is 7.07. The molecule has 140 valence electrons. The molecule has 0 amide bonds. The summed E-state index contributed by atoms with van der Waals surface area (Å²) >= 11 is 7.69. The Morgan fingerprint density at radius 3 is 2.68 bits per heavy atom. The number of benzene rings is 2. The zero-order valence-electron chi connectivity index (χ0n) is 15.5. The molecule has 0 aliphatic rings. The van der Waals surface area contributed by atoms with Gasteiger partial charge in [-0.1, -0.05) is 48.0 Å². The first-order chi connectivity index (χ1) is 13.5. The maximum atomic E-state index is 12.2. The van der Waals surface area contributed by atoms with Gasteiger partial charge in [-0.25, -0.2) is 9.97 Å². The van der Waals surface area contributed by atoms with Gasteiger partial charge in [-0.3, -0.25) is 4.79 Å². The summed E-state index contributed by atoms with van der Waals surface area (Å²) in [5.74, 6) is 0.900. The fourth-order valence-corrected chi connectivity index (χ4v) is 3.88. The van der Waals surface area contributed by atoms with Crippen molar-refractivity contribution in [3.63, 3.8) is 0 Å². The van der Waals surface area contributed by atoms with Crippen LogP contribution in [0.25, 0.3) is 22.6 Å². The molecular weight excluding hydrogens is 390 g/mol. The molecule has 2 aromatic heterocycles. The number of carbonyl (C=O) groups is 1. The summed E-state index contributed by atoms with van der Waals surface area (Å²) in [6, 6.07) is 13.8. The van der Waals surface area contributed by atoms with Gasteiger partial charge in [-0.05, 0) is 24.1 Å². The molecule has 4 rings (SSSR count). The molecule has 0 aliphatic carbocycles. The summed E-state index contributed by atoms with van der Waals surface area (Å²) in [5, 5.41) is 2.52. The van der Waals surface area contributed by atoms with Crippen LogP contribution in [-0.4, -0.2) is 20.3 Å². The van der Waals surface area contributed by atoms with Gasteiger partial charge in [0.05, 0.1) is 11.2 Å². The number of carbonyl (C=O) groups excluding carboxylic acids is 1. The zero-order chi connectivity index (χ0) is 19.7. The van der Waals surface area contributed by atoms with Crippen molar-refractivity contribution in [1.29, 1.82) is 0 Å². The third-order valence-electron chi connectivity index (χ3n) is 4.71. The summed E-state index contributed by atoms with van der Waals surface area (Å²) < 4.78 is 2.01. The summed E-state index contributed by atoms with van der Waals surface area (Å²) in [4.78, 5) is 21.1. The molecule has 0 radical (unpaired) electrons. The monoisotopic (exact) mass is 407 g/mol. The van der Waals surface area contributed by atoms with Crippen LogP contribution in [0.4, 0.5) is 0 Å². The van der Waals surface area contributed by atoms with Gasteiger partial charge in [0.2, 0.25) is 0 Å².